The fourth-order valence-corrected chi connectivity index (χ4v) is 3.95. The summed E-state index contributed by atoms with van der Waals surface area (Å²) in [6.45, 7) is 4.17. The molecule has 5 heteroatoms. The highest BCUT2D eigenvalue weighted by molar-refractivity contribution is 7.10. The summed E-state index contributed by atoms with van der Waals surface area (Å²) in [5, 5.41) is 2.02. The second-order valence-corrected chi connectivity index (χ2v) is 7.31. The van der Waals surface area contributed by atoms with Crippen LogP contribution in [0.5, 0.6) is 5.75 Å². The molecular formula is C20H24N2O2S. The van der Waals surface area contributed by atoms with Crippen LogP contribution in [0.2, 0.25) is 0 Å². The molecule has 1 fully saturated rings. The van der Waals surface area contributed by atoms with Gasteiger partial charge in [-0.15, -0.1) is 11.3 Å². The molecule has 1 aromatic carbocycles. The van der Waals surface area contributed by atoms with Crippen molar-refractivity contribution in [1.29, 1.82) is 0 Å². The van der Waals surface area contributed by atoms with Crippen molar-refractivity contribution in [2.45, 2.75) is 13.0 Å². The Morgan fingerprint density at radius 3 is 2.76 bits per heavy atom. The van der Waals surface area contributed by atoms with Gasteiger partial charge in [0.15, 0.2) is 0 Å². The Morgan fingerprint density at radius 1 is 1.24 bits per heavy atom. The number of rotatable bonds is 4. The SMILES string of the molecule is COc1ccccc1C1CN(C(=O)/C(C)=C/c2cccs2)CCN1C. The summed E-state index contributed by atoms with van der Waals surface area (Å²) in [5.41, 5.74) is 1.91. The summed E-state index contributed by atoms with van der Waals surface area (Å²) < 4.78 is 5.52. The molecule has 1 aliphatic heterocycles. The van der Waals surface area contributed by atoms with Gasteiger partial charge in [-0.2, -0.15) is 0 Å². The van der Waals surface area contributed by atoms with Gasteiger partial charge in [-0.25, -0.2) is 0 Å². The molecule has 1 aliphatic rings. The van der Waals surface area contributed by atoms with Crippen LogP contribution in [0.4, 0.5) is 0 Å². The zero-order valence-electron chi connectivity index (χ0n) is 14.9. The van der Waals surface area contributed by atoms with E-state index in [1.807, 2.05) is 53.6 Å². The van der Waals surface area contributed by atoms with Crippen molar-refractivity contribution in [2.24, 2.45) is 0 Å². The first-order valence-electron chi connectivity index (χ1n) is 8.44. The standard InChI is InChI=1S/C20H24N2O2S/c1-15(13-16-7-6-12-25-16)20(23)22-11-10-21(2)18(14-22)17-8-4-5-9-19(17)24-3/h4-9,12-13,18H,10-11,14H2,1-3H3/b15-13+. The summed E-state index contributed by atoms with van der Waals surface area (Å²) in [5.74, 6) is 0.987. The third-order valence-electron chi connectivity index (χ3n) is 4.67. The number of methoxy groups -OCH3 is 1. The average Bonchev–Trinajstić information content (AvgIpc) is 3.14. The van der Waals surface area contributed by atoms with Crippen molar-refractivity contribution in [1.82, 2.24) is 9.80 Å². The van der Waals surface area contributed by atoms with E-state index in [-0.39, 0.29) is 11.9 Å². The molecule has 2 heterocycles. The van der Waals surface area contributed by atoms with Crippen LogP contribution in [0.25, 0.3) is 6.08 Å². The van der Waals surface area contributed by atoms with E-state index in [1.54, 1.807) is 18.4 Å². The lowest BCUT2D eigenvalue weighted by atomic mass is 10.0. The highest BCUT2D eigenvalue weighted by Crippen LogP contribution is 2.31. The predicted molar refractivity (Wildman–Crippen MR) is 103 cm³/mol. The van der Waals surface area contributed by atoms with E-state index in [1.165, 1.54) is 0 Å². The molecule has 0 radical (unpaired) electrons. The molecule has 0 aliphatic carbocycles. The van der Waals surface area contributed by atoms with Crippen molar-refractivity contribution >= 4 is 23.3 Å². The second kappa shape index (κ2) is 7.85. The molecule has 0 spiro atoms. The highest BCUT2D eigenvalue weighted by Gasteiger charge is 2.30. The van der Waals surface area contributed by atoms with Crippen LogP contribution in [0.15, 0.2) is 47.4 Å². The largest absolute Gasteiger partial charge is 0.496 e. The lowest BCUT2D eigenvalue weighted by Gasteiger charge is -2.40. The molecule has 1 amide bonds. The molecule has 0 bridgehead atoms. The van der Waals surface area contributed by atoms with Crippen molar-refractivity contribution in [3.8, 4) is 5.75 Å². The molecule has 1 atom stereocenters. The van der Waals surface area contributed by atoms with Crippen LogP contribution >= 0.6 is 11.3 Å². The third kappa shape index (κ3) is 3.94. The Bertz CT molecular complexity index is 755. The fraction of sp³-hybridized carbons (Fsp3) is 0.350. The number of piperazine rings is 1. The predicted octanol–water partition coefficient (Wildman–Crippen LogP) is 3.68. The van der Waals surface area contributed by atoms with Gasteiger partial charge >= 0.3 is 0 Å². The van der Waals surface area contributed by atoms with Gasteiger partial charge in [0.1, 0.15) is 5.75 Å². The van der Waals surface area contributed by atoms with Gasteiger partial charge < -0.3 is 9.64 Å². The number of ether oxygens (including phenoxy) is 1. The minimum atomic E-state index is 0.112. The van der Waals surface area contributed by atoms with Gasteiger partial charge in [0.05, 0.1) is 13.2 Å². The van der Waals surface area contributed by atoms with Crippen LogP contribution in [-0.2, 0) is 4.79 Å². The molecule has 0 saturated carbocycles. The summed E-state index contributed by atoms with van der Waals surface area (Å²) >= 11 is 1.65. The van der Waals surface area contributed by atoms with Gasteiger partial charge in [-0.05, 0) is 37.6 Å². The maximum Gasteiger partial charge on any atom is 0.249 e. The van der Waals surface area contributed by atoms with Gasteiger partial charge in [-0.1, -0.05) is 24.3 Å². The lowest BCUT2D eigenvalue weighted by Crippen LogP contribution is -2.49. The first-order valence-corrected chi connectivity index (χ1v) is 9.32. The Kier molecular flexibility index (Phi) is 5.56. The highest BCUT2D eigenvalue weighted by atomic mass is 32.1. The Morgan fingerprint density at radius 2 is 2.04 bits per heavy atom. The summed E-state index contributed by atoms with van der Waals surface area (Å²) in [4.78, 5) is 18.2. The average molecular weight is 356 g/mol. The quantitative estimate of drug-likeness (QED) is 0.784. The van der Waals surface area contributed by atoms with Crippen molar-refractivity contribution < 1.29 is 9.53 Å². The van der Waals surface area contributed by atoms with Crippen LogP contribution in [-0.4, -0.2) is 49.5 Å². The van der Waals surface area contributed by atoms with Gasteiger partial charge in [-0.3, -0.25) is 9.69 Å². The Balaban J connectivity index is 1.79. The number of carbonyl (C=O) groups is 1. The van der Waals surface area contributed by atoms with Crippen molar-refractivity contribution in [3.63, 3.8) is 0 Å². The van der Waals surface area contributed by atoms with E-state index < -0.39 is 0 Å². The van der Waals surface area contributed by atoms with Crippen LogP contribution < -0.4 is 4.74 Å². The van der Waals surface area contributed by atoms with E-state index in [4.69, 9.17) is 4.74 Å². The number of hydrogen-bond donors (Lipinski definition) is 0. The van der Waals surface area contributed by atoms with E-state index in [2.05, 4.69) is 18.0 Å². The molecule has 2 aromatic rings. The zero-order chi connectivity index (χ0) is 17.8. The molecule has 0 N–H and O–H groups in total. The third-order valence-corrected chi connectivity index (χ3v) is 5.49. The molecule has 4 nitrogen and oxygen atoms in total. The Labute approximate surface area is 153 Å². The van der Waals surface area contributed by atoms with E-state index in [0.29, 0.717) is 6.54 Å². The molecule has 1 unspecified atom stereocenters. The Hall–Kier alpha value is -2.11. The van der Waals surface area contributed by atoms with Gasteiger partial charge in [0.25, 0.3) is 0 Å². The number of likely N-dealkylation sites (N-methyl/N-ethyl adjacent to an activating group) is 1. The maximum atomic E-state index is 12.9. The van der Waals surface area contributed by atoms with Crippen LogP contribution in [0.1, 0.15) is 23.4 Å². The summed E-state index contributed by atoms with van der Waals surface area (Å²) in [7, 11) is 3.80. The number of carbonyl (C=O) groups excluding carboxylic acids is 1. The molecule has 3 rings (SSSR count). The molecule has 132 valence electrons. The summed E-state index contributed by atoms with van der Waals surface area (Å²) in [6, 6.07) is 12.2. The van der Waals surface area contributed by atoms with E-state index in [0.717, 1.165) is 34.9 Å². The molecule has 1 saturated heterocycles. The number of para-hydroxylation sites is 1. The second-order valence-electron chi connectivity index (χ2n) is 6.33. The first kappa shape index (κ1) is 17.7. The minimum absolute atomic E-state index is 0.112. The number of amides is 1. The van der Waals surface area contributed by atoms with Crippen LogP contribution in [0, 0.1) is 0 Å². The number of nitrogens with zero attached hydrogens (tertiary/aromatic N) is 2. The lowest BCUT2D eigenvalue weighted by molar-refractivity contribution is -0.129. The smallest absolute Gasteiger partial charge is 0.249 e. The minimum Gasteiger partial charge on any atom is -0.496 e. The molecular weight excluding hydrogens is 332 g/mol. The number of benzene rings is 1. The number of thiophene rings is 1. The van der Waals surface area contributed by atoms with Gasteiger partial charge in [0, 0.05) is 35.6 Å². The van der Waals surface area contributed by atoms with Crippen LogP contribution in [0.3, 0.4) is 0 Å². The fourth-order valence-electron chi connectivity index (χ4n) is 3.23. The van der Waals surface area contributed by atoms with Crippen molar-refractivity contribution in [3.05, 3.63) is 57.8 Å². The maximum absolute atomic E-state index is 12.9. The molecule has 1 aromatic heterocycles. The number of hydrogen-bond acceptors (Lipinski definition) is 4. The van der Waals surface area contributed by atoms with Gasteiger partial charge in [0.2, 0.25) is 5.91 Å². The van der Waals surface area contributed by atoms with Crippen molar-refractivity contribution in [2.75, 3.05) is 33.8 Å². The normalized spacial score (nSPS) is 19.1. The summed E-state index contributed by atoms with van der Waals surface area (Å²) in [6.07, 6.45) is 1.98. The topological polar surface area (TPSA) is 32.8 Å². The van der Waals surface area contributed by atoms with E-state index >= 15 is 0 Å². The van der Waals surface area contributed by atoms with E-state index in [9.17, 15) is 4.79 Å². The first-order chi connectivity index (χ1) is 12.1. The monoisotopic (exact) mass is 356 g/mol. The molecule has 25 heavy (non-hydrogen) atoms. The zero-order valence-corrected chi connectivity index (χ0v) is 15.8.